The molecule has 0 spiro atoms. The number of carbonyl (C=O) groups excluding carboxylic acids is 2. The lowest BCUT2D eigenvalue weighted by Crippen LogP contribution is -2.53. The molecule has 0 aromatic heterocycles. The lowest BCUT2D eigenvalue weighted by atomic mass is 9.91. The Morgan fingerprint density at radius 3 is 2.20 bits per heavy atom. The molecule has 2 heterocycles. The predicted molar refractivity (Wildman–Crippen MR) is 76.2 cm³/mol. The summed E-state index contributed by atoms with van der Waals surface area (Å²) in [5.41, 5.74) is 0.0156. The van der Waals surface area contributed by atoms with Gasteiger partial charge in [-0.3, -0.25) is 9.59 Å². The quantitative estimate of drug-likeness (QED) is 0.766. The Kier molecular flexibility index (Phi) is 4.68. The number of rotatable bonds is 2. The van der Waals surface area contributed by atoms with Crippen molar-refractivity contribution in [1.82, 2.24) is 9.80 Å². The molecule has 1 atom stereocenters. The second-order valence-electron chi connectivity index (χ2n) is 6.95. The van der Waals surface area contributed by atoms with Gasteiger partial charge in [-0.1, -0.05) is 20.8 Å². The van der Waals surface area contributed by atoms with Crippen molar-refractivity contribution in [2.45, 2.75) is 46.1 Å². The lowest BCUT2D eigenvalue weighted by Gasteiger charge is -2.36. The van der Waals surface area contributed by atoms with Gasteiger partial charge in [0.25, 0.3) is 5.91 Å². The van der Waals surface area contributed by atoms with Gasteiger partial charge in [-0.25, -0.2) is 0 Å². The Bertz CT molecular complexity index is 362. The van der Waals surface area contributed by atoms with Crippen LogP contribution in [0, 0.1) is 5.41 Å². The van der Waals surface area contributed by atoms with Crippen molar-refractivity contribution >= 4 is 11.8 Å². The van der Waals surface area contributed by atoms with E-state index in [9.17, 15) is 9.59 Å². The van der Waals surface area contributed by atoms with Crippen LogP contribution in [0.3, 0.4) is 0 Å². The second-order valence-corrected chi connectivity index (χ2v) is 6.95. The summed E-state index contributed by atoms with van der Waals surface area (Å²) in [4.78, 5) is 28.1. The third-order valence-electron chi connectivity index (χ3n) is 3.83. The van der Waals surface area contributed by atoms with Crippen LogP contribution >= 0.6 is 0 Å². The SMILES string of the molecule is CC(C)(C)CC(=O)N1CCN(C(=O)C2CCCO2)CC1. The van der Waals surface area contributed by atoms with Gasteiger partial charge >= 0.3 is 0 Å². The van der Waals surface area contributed by atoms with E-state index < -0.39 is 0 Å². The fourth-order valence-electron chi connectivity index (χ4n) is 2.72. The van der Waals surface area contributed by atoms with Crippen molar-refractivity contribution in [2.24, 2.45) is 5.41 Å². The molecule has 114 valence electrons. The van der Waals surface area contributed by atoms with Crippen LogP contribution in [0.1, 0.15) is 40.0 Å². The van der Waals surface area contributed by atoms with Crippen LogP contribution < -0.4 is 0 Å². The van der Waals surface area contributed by atoms with E-state index in [4.69, 9.17) is 4.74 Å². The minimum absolute atomic E-state index is 0.0156. The highest BCUT2D eigenvalue weighted by atomic mass is 16.5. The van der Waals surface area contributed by atoms with Crippen molar-refractivity contribution in [3.05, 3.63) is 0 Å². The smallest absolute Gasteiger partial charge is 0.251 e. The largest absolute Gasteiger partial charge is 0.368 e. The maximum absolute atomic E-state index is 12.2. The molecule has 0 radical (unpaired) electrons. The zero-order valence-corrected chi connectivity index (χ0v) is 12.9. The molecule has 2 fully saturated rings. The Labute approximate surface area is 121 Å². The topological polar surface area (TPSA) is 49.9 Å². The Morgan fingerprint density at radius 1 is 1.10 bits per heavy atom. The average molecular weight is 282 g/mol. The van der Waals surface area contributed by atoms with E-state index >= 15 is 0 Å². The molecule has 2 aliphatic rings. The van der Waals surface area contributed by atoms with Crippen LogP contribution in [0.5, 0.6) is 0 Å². The molecular weight excluding hydrogens is 256 g/mol. The Balaban J connectivity index is 1.80. The third kappa shape index (κ3) is 3.95. The zero-order chi connectivity index (χ0) is 14.8. The first-order valence-corrected chi connectivity index (χ1v) is 7.55. The van der Waals surface area contributed by atoms with E-state index in [2.05, 4.69) is 20.8 Å². The van der Waals surface area contributed by atoms with Crippen LogP contribution in [0.2, 0.25) is 0 Å². The number of nitrogens with zero attached hydrogens (tertiary/aromatic N) is 2. The van der Waals surface area contributed by atoms with E-state index in [1.165, 1.54) is 0 Å². The summed E-state index contributed by atoms with van der Waals surface area (Å²) in [6.45, 7) is 9.47. The molecule has 5 nitrogen and oxygen atoms in total. The summed E-state index contributed by atoms with van der Waals surface area (Å²) in [6.07, 6.45) is 2.13. The number of ether oxygens (including phenoxy) is 1. The molecule has 1 unspecified atom stereocenters. The summed E-state index contributed by atoms with van der Waals surface area (Å²) in [7, 11) is 0. The summed E-state index contributed by atoms with van der Waals surface area (Å²) in [6, 6.07) is 0. The number of hydrogen-bond donors (Lipinski definition) is 0. The molecule has 0 saturated carbocycles. The summed E-state index contributed by atoms with van der Waals surface area (Å²) < 4.78 is 5.44. The van der Waals surface area contributed by atoms with E-state index in [0.717, 1.165) is 12.8 Å². The Hall–Kier alpha value is -1.10. The molecule has 2 aliphatic heterocycles. The van der Waals surface area contributed by atoms with Gasteiger partial charge in [0.2, 0.25) is 5.91 Å². The van der Waals surface area contributed by atoms with Crippen LogP contribution in [-0.2, 0) is 14.3 Å². The standard InChI is InChI=1S/C15H26N2O3/c1-15(2,3)11-13(18)16-6-8-17(9-7-16)14(19)12-5-4-10-20-12/h12H,4-11H2,1-3H3. The lowest BCUT2D eigenvalue weighted by molar-refractivity contribution is -0.146. The van der Waals surface area contributed by atoms with Gasteiger partial charge < -0.3 is 14.5 Å². The van der Waals surface area contributed by atoms with Crippen molar-refractivity contribution in [3.63, 3.8) is 0 Å². The maximum atomic E-state index is 12.2. The minimum Gasteiger partial charge on any atom is -0.368 e. The monoisotopic (exact) mass is 282 g/mol. The molecule has 0 N–H and O–H groups in total. The van der Waals surface area contributed by atoms with Crippen molar-refractivity contribution in [2.75, 3.05) is 32.8 Å². The number of amides is 2. The fourth-order valence-corrected chi connectivity index (χ4v) is 2.72. The van der Waals surface area contributed by atoms with Crippen LogP contribution in [0.25, 0.3) is 0 Å². The predicted octanol–water partition coefficient (Wildman–Crippen LogP) is 1.27. The van der Waals surface area contributed by atoms with Gasteiger partial charge in [-0.15, -0.1) is 0 Å². The highest BCUT2D eigenvalue weighted by molar-refractivity contribution is 5.82. The van der Waals surface area contributed by atoms with E-state index in [1.807, 2.05) is 9.80 Å². The van der Waals surface area contributed by atoms with Gasteiger partial charge in [0.1, 0.15) is 6.10 Å². The van der Waals surface area contributed by atoms with Gasteiger partial charge in [0, 0.05) is 39.2 Å². The summed E-state index contributed by atoms with van der Waals surface area (Å²) in [5.74, 6) is 0.298. The van der Waals surface area contributed by atoms with E-state index in [-0.39, 0.29) is 23.3 Å². The minimum atomic E-state index is -0.244. The highest BCUT2D eigenvalue weighted by Crippen LogP contribution is 2.21. The first kappa shape index (κ1) is 15.3. The molecule has 0 aromatic carbocycles. The highest BCUT2D eigenvalue weighted by Gasteiger charge is 2.31. The second kappa shape index (κ2) is 6.12. The maximum Gasteiger partial charge on any atom is 0.251 e. The first-order valence-electron chi connectivity index (χ1n) is 7.55. The van der Waals surface area contributed by atoms with Crippen molar-refractivity contribution in [1.29, 1.82) is 0 Å². The molecule has 5 heteroatoms. The fraction of sp³-hybridized carbons (Fsp3) is 0.867. The van der Waals surface area contributed by atoms with E-state index in [0.29, 0.717) is 39.2 Å². The molecule has 2 amide bonds. The molecule has 0 bridgehead atoms. The Morgan fingerprint density at radius 2 is 1.70 bits per heavy atom. The molecule has 0 aromatic rings. The van der Waals surface area contributed by atoms with Gasteiger partial charge in [0.15, 0.2) is 0 Å². The summed E-state index contributed by atoms with van der Waals surface area (Å²) in [5, 5.41) is 0. The summed E-state index contributed by atoms with van der Waals surface area (Å²) >= 11 is 0. The molecule has 2 saturated heterocycles. The van der Waals surface area contributed by atoms with E-state index in [1.54, 1.807) is 0 Å². The van der Waals surface area contributed by atoms with Crippen molar-refractivity contribution in [3.8, 4) is 0 Å². The first-order chi connectivity index (χ1) is 9.37. The molecule has 2 rings (SSSR count). The van der Waals surface area contributed by atoms with Gasteiger partial charge in [-0.2, -0.15) is 0 Å². The third-order valence-corrected chi connectivity index (χ3v) is 3.83. The van der Waals surface area contributed by atoms with Crippen LogP contribution in [0.15, 0.2) is 0 Å². The van der Waals surface area contributed by atoms with Crippen molar-refractivity contribution < 1.29 is 14.3 Å². The normalized spacial score (nSPS) is 24.1. The molecular formula is C15H26N2O3. The zero-order valence-electron chi connectivity index (χ0n) is 12.9. The average Bonchev–Trinajstić information content (AvgIpc) is 2.90. The van der Waals surface area contributed by atoms with Crippen LogP contribution in [-0.4, -0.2) is 60.5 Å². The van der Waals surface area contributed by atoms with Gasteiger partial charge in [-0.05, 0) is 18.3 Å². The molecule has 20 heavy (non-hydrogen) atoms. The molecule has 0 aliphatic carbocycles. The number of piperazine rings is 1. The van der Waals surface area contributed by atoms with Gasteiger partial charge in [0.05, 0.1) is 0 Å². The van der Waals surface area contributed by atoms with Crippen LogP contribution in [0.4, 0.5) is 0 Å². The number of hydrogen-bond acceptors (Lipinski definition) is 3. The number of carbonyl (C=O) groups is 2.